The number of hydrogen-bond donors (Lipinski definition) is 1. The molecular weight excluding hydrogens is 448 g/mol. The van der Waals surface area contributed by atoms with Crippen molar-refractivity contribution in [3.8, 4) is 11.3 Å². The minimum absolute atomic E-state index is 0.0421. The number of rotatable bonds is 7. The largest absolute Gasteiger partial charge is 0.372 e. The maximum atomic E-state index is 13.1. The summed E-state index contributed by atoms with van der Waals surface area (Å²) in [5.41, 5.74) is 6.03. The molecule has 0 saturated carbocycles. The fraction of sp³-hybridized carbons (Fsp3) is 0.385. The molecular formula is C26H32N4O3S. The minimum Gasteiger partial charge on any atom is -0.372 e. The Morgan fingerprint density at radius 3 is 2.35 bits per heavy atom. The van der Waals surface area contributed by atoms with E-state index in [0.29, 0.717) is 12.1 Å². The predicted octanol–water partition coefficient (Wildman–Crippen LogP) is 4.63. The van der Waals surface area contributed by atoms with Crippen LogP contribution in [0.5, 0.6) is 0 Å². The Morgan fingerprint density at radius 2 is 1.76 bits per heavy atom. The molecule has 180 valence electrons. The van der Waals surface area contributed by atoms with Crippen molar-refractivity contribution in [3.05, 3.63) is 65.4 Å². The highest BCUT2D eigenvalue weighted by molar-refractivity contribution is 7.91. The molecule has 7 nitrogen and oxygen atoms in total. The summed E-state index contributed by atoms with van der Waals surface area (Å²) < 4.78 is 26.0. The average molecular weight is 481 g/mol. The number of hydrogen-bond acceptors (Lipinski definition) is 5. The molecule has 1 unspecified atom stereocenters. The van der Waals surface area contributed by atoms with Crippen molar-refractivity contribution >= 4 is 27.1 Å². The number of sulfone groups is 1. The quantitative estimate of drug-likeness (QED) is 0.533. The lowest BCUT2D eigenvalue weighted by molar-refractivity contribution is 0.102. The molecule has 1 fully saturated rings. The SMILES string of the molecule is CCN(CC)c1ccc(NC(=O)c2cc(-c3ccc(C)c(C)c3)n(C3CCS(=O)(=O)C3)n2)cc1. The van der Waals surface area contributed by atoms with Crippen LogP contribution in [0, 0.1) is 13.8 Å². The van der Waals surface area contributed by atoms with Crippen molar-refractivity contribution in [1.29, 1.82) is 0 Å². The third-order valence-corrected chi connectivity index (χ3v) is 8.33. The summed E-state index contributed by atoms with van der Waals surface area (Å²) in [5, 5.41) is 7.51. The zero-order valence-electron chi connectivity index (χ0n) is 20.2. The van der Waals surface area contributed by atoms with Crippen molar-refractivity contribution in [2.24, 2.45) is 0 Å². The third-order valence-electron chi connectivity index (χ3n) is 6.58. The van der Waals surface area contributed by atoms with Crippen molar-refractivity contribution in [1.82, 2.24) is 9.78 Å². The first-order valence-corrected chi connectivity index (χ1v) is 13.6. The van der Waals surface area contributed by atoms with Gasteiger partial charge in [-0.15, -0.1) is 0 Å². The Morgan fingerprint density at radius 1 is 1.06 bits per heavy atom. The highest BCUT2D eigenvalue weighted by Gasteiger charge is 2.32. The van der Waals surface area contributed by atoms with E-state index < -0.39 is 9.84 Å². The maximum Gasteiger partial charge on any atom is 0.276 e. The van der Waals surface area contributed by atoms with Crippen LogP contribution < -0.4 is 10.2 Å². The summed E-state index contributed by atoms with van der Waals surface area (Å²) in [7, 11) is -3.10. The molecule has 2 heterocycles. The van der Waals surface area contributed by atoms with Crippen LogP contribution in [0.3, 0.4) is 0 Å². The number of anilines is 2. The average Bonchev–Trinajstić information content (AvgIpc) is 3.41. The summed E-state index contributed by atoms with van der Waals surface area (Å²) in [6.07, 6.45) is 0.496. The number of aromatic nitrogens is 2. The Balaban J connectivity index is 1.64. The van der Waals surface area contributed by atoms with Gasteiger partial charge in [-0.1, -0.05) is 12.1 Å². The molecule has 1 aliphatic rings. The molecule has 3 aromatic rings. The maximum absolute atomic E-state index is 13.1. The number of amides is 1. The number of benzene rings is 2. The van der Waals surface area contributed by atoms with Gasteiger partial charge in [0.05, 0.1) is 23.2 Å². The van der Waals surface area contributed by atoms with Gasteiger partial charge < -0.3 is 10.2 Å². The van der Waals surface area contributed by atoms with Gasteiger partial charge in [0.1, 0.15) is 0 Å². The van der Waals surface area contributed by atoms with Gasteiger partial charge in [0.25, 0.3) is 5.91 Å². The van der Waals surface area contributed by atoms with E-state index in [2.05, 4.69) is 35.2 Å². The number of carbonyl (C=O) groups is 1. The van der Waals surface area contributed by atoms with E-state index in [1.165, 1.54) is 5.56 Å². The normalized spacial score (nSPS) is 17.0. The van der Waals surface area contributed by atoms with Crippen molar-refractivity contribution < 1.29 is 13.2 Å². The fourth-order valence-electron chi connectivity index (χ4n) is 4.41. The molecule has 1 N–H and O–H groups in total. The summed E-state index contributed by atoms with van der Waals surface area (Å²) in [6.45, 7) is 10.1. The highest BCUT2D eigenvalue weighted by Crippen LogP contribution is 2.31. The van der Waals surface area contributed by atoms with Crippen LogP contribution in [0.4, 0.5) is 11.4 Å². The molecule has 4 rings (SSSR count). The van der Waals surface area contributed by atoms with Crippen LogP contribution in [-0.4, -0.2) is 48.7 Å². The first-order chi connectivity index (χ1) is 16.2. The smallest absolute Gasteiger partial charge is 0.276 e. The predicted molar refractivity (Wildman–Crippen MR) is 137 cm³/mol. The second-order valence-corrected chi connectivity index (χ2v) is 11.1. The topological polar surface area (TPSA) is 84.3 Å². The summed E-state index contributed by atoms with van der Waals surface area (Å²) in [6, 6.07) is 15.3. The summed E-state index contributed by atoms with van der Waals surface area (Å²) >= 11 is 0. The molecule has 8 heteroatoms. The minimum atomic E-state index is -3.10. The molecule has 0 radical (unpaired) electrons. The number of nitrogens with zero attached hydrogens (tertiary/aromatic N) is 3. The van der Waals surface area contributed by atoms with Crippen molar-refractivity contribution in [2.45, 2.75) is 40.2 Å². The van der Waals surface area contributed by atoms with E-state index in [1.54, 1.807) is 10.7 Å². The van der Waals surface area contributed by atoms with Crippen LogP contribution in [-0.2, 0) is 9.84 Å². The lowest BCUT2D eigenvalue weighted by atomic mass is 10.0. The van der Waals surface area contributed by atoms with E-state index >= 15 is 0 Å². The molecule has 1 saturated heterocycles. The van der Waals surface area contributed by atoms with Crippen LogP contribution in [0.25, 0.3) is 11.3 Å². The standard InChI is InChI=1S/C26H32N4O3S/c1-5-29(6-2)22-11-9-21(10-12-22)27-26(31)24-16-25(20-8-7-18(3)19(4)15-20)30(28-24)23-13-14-34(32,33)17-23/h7-12,15-16,23H,5-6,13-14,17H2,1-4H3,(H,27,31). The van der Waals surface area contributed by atoms with E-state index in [4.69, 9.17) is 0 Å². The number of aryl methyl sites for hydroxylation is 2. The van der Waals surface area contributed by atoms with Crippen LogP contribution >= 0.6 is 0 Å². The fourth-order valence-corrected chi connectivity index (χ4v) is 6.10. The molecule has 0 bridgehead atoms. The molecule has 1 aliphatic heterocycles. The number of carbonyl (C=O) groups excluding carboxylic acids is 1. The van der Waals surface area contributed by atoms with Gasteiger partial charge in [0.15, 0.2) is 15.5 Å². The zero-order valence-corrected chi connectivity index (χ0v) is 21.0. The first-order valence-electron chi connectivity index (χ1n) is 11.7. The van der Waals surface area contributed by atoms with Gasteiger partial charge in [-0.3, -0.25) is 9.48 Å². The second-order valence-electron chi connectivity index (χ2n) is 8.89. The van der Waals surface area contributed by atoms with Gasteiger partial charge in [0.2, 0.25) is 0 Å². The van der Waals surface area contributed by atoms with Crippen LogP contribution in [0.1, 0.15) is 47.9 Å². The van der Waals surface area contributed by atoms with E-state index in [-0.39, 0.29) is 29.1 Å². The van der Waals surface area contributed by atoms with Crippen molar-refractivity contribution in [2.75, 3.05) is 34.8 Å². The van der Waals surface area contributed by atoms with Crippen LogP contribution in [0.15, 0.2) is 48.5 Å². The Kier molecular flexibility index (Phi) is 6.79. The van der Waals surface area contributed by atoms with E-state index in [1.807, 2.05) is 50.2 Å². The highest BCUT2D eigenvalue weighted by atomic mass is 32.2. The van der Waals surface area contributed by atoms with Gasteiger partial charge >= 0.3 is 0 Å². The monoisotopic (exact) mass is 480 g/mol. The van der Waals surface area contributed by atoms with Crippen molar-refractivity contribution in [3.63, 3.8) is 0 Å². The summed E-state index contributed by atoms with van der Waals surface area (Å²) in [5.74, 6) is -0.134. The Hall–Kier alpha value is -3.13. The lowest BCUT2D eigenvalue weighted by Gasteiger charge is -2.21. The van der Waals surface area contributed by atoms with E-state index in [9.17, 15) is 13.2 Å². The van der Waals surface area contributed by atoms with Gasteiger partial charge in [-0.25, -0.2) is 8.42 Å². The van der Waals surface area contributed by atoms with Crippen LogP contribution in [0.2, 0.25) is 0 Å². The molecule has 2 aromatic carbocycles. The Labute approximate surface area is 201 Å². The first kappa shape index (κ1) is 24.0. The lowest BCUT2D eigenvalue weighted by Crippen LogP contribution is -2.21. The molecule has 1 aromatic heterocycles. The Bertz CT molecular complexity index is 1290. The van der Waals surface area contributed by atoms with Gasteiger partial charge in [-0.05, 0) is 81.6 Å². The number of nitrogens with one attached hydrogen (secondary N) is 1. The van der Waals surface area contributed by atoms with E-state index in [0.717, 1.165) is 35.6 Å². The molecule has 1 atom stereocenters. The molecule has 34 heavy (non-hydrogen) atoms. The molecule has 1 amide bonds. The summed E-state index contributed by atoms with van der Waals surface area (Å²) in [4.78, 5) is 15.3. The molecule has 0 spiro atoms. The second kappa shape index (κ2) is 9.62. The third kappa shape index (κ3) is 5.01. The van der Waals surface area contributed by atoms with Gasteiger partial charge in [0, 0.05) is 30.0 Å². The zero-order chi connectivity index (χ0) is 24.5. The molecule has 0 aliphatic carbocycles. The van der Waals surface area contributed by atoms with Gasteiger partial charge in [-0.2, -0.15) is 5.10 Å².